The Bertz CT molecular complexity index is 1230. The van der Waals surface area contributed by atoms with E-state index in [-0.39, 0.29) is 36.3 Å². The maximum atomic E-state index is 14.1. The zero-order chi connectivity index (χ0) is 21.1. The highest BCUT2D eigenvalue weighted by molar-refractivity contribution is 5.54. The molecule has 0 fully saturated rings. The van der Waals surface area contributed by atoms with E-state index in [0.29, 0.717) is 17.1 Å². The van der Waals surface area contributed by atoms with Gasteiger partial charge in [-0.3, -0.25) is 4.79 Å². The molecule has 0 aliphatic rings. The molecule has 0 bridgehead atoms. The zero-order valence-electron chi connectivity index (χ0n) is 15.7. The van der Waals surface area contributed by atoms with Crippen molar-refractivity contribution >= 4 is 5.82 Å². The number of H-pyrrole nitrogens is 1. The van der Waals surface area contributed by atoms with Crippen LogP contribution in [0.3, 0.4) is 0 Å². The van der Waals surface area contributed by atoms with Crippen LogP contribution in [-0.4, -0.2) is 32.0 Å². The van der Waals surface area contributed by atoms with Crippen LogP contribution in [0.25, 0.3) is 11.5 Å². The van der Waals surface area contributed by atoms with Crippen molar-refractivity contribution in [3.63, 3.8) is 0 Å². The number of ether oxygens (including phenoxy) is 1. The van der Waals surface area contributed by atoms with Gasteiger partial charge in [-0.05, 0) is 6.07 Å². The van der Waals surface area contributed by atoms with Gasteiger partial charge in [-0.2, -0.15) is 10.3 Å². The number of aromatic nitrogens is 5. The summed E-state index contributed by atoms with van der Waals surface area (Å²) < 4.78 is 39.8. The molecule has 0 aliphatic carbocycles. The van der Waals surface area contributed by atoms with Crippen molar-refractivity contribution in [3.8, 4) is 17.4 Å². The largest absolute Gasteiger partial charge is 0.481 e. The Kier molecular flexibility index (Phi) is 5.24. The number of hydrogen-bond donors (Lipinski definition) is 2. The first-order valence-corrected chi connectivity index (χ1v) is 8.83. The molecule has 0 atom stereocenters. The molecular weight excluding hydrogens is 398 g/mol. The molecule has 0 spiro atoms. The molecule has 4 rings (SSSR count). The van der Waals surface area contributed by atoms with E-state index in [1.165, 1.54) is 23.9 Å². The van der Waals surface area contributed by atoms with Crippen molar-refractivity contribution < 1.29 is 18.0 Å². The molecule has 0 saturated heterocycles. The number of nitrogens with zero attached hydrogens (tertiary/aromatic N) is 4. The van der Waals surface area contributed by atoms with Crippen molar-refractivity contribution in [1.82, 2.24) is 24.9 Å². The fourth-order valence-electron chi connectivity index (χ4n) is 2.77. The van der Waals surface area contributed by atoms with Crippen molar-refractivity contribution in [2.45, 2.75) is 13.1 Å². The second-order valence-electron chi connectivity index (χ2n) is 6.24. The van der Waals surface area contributed by atoms with Gasteiger partial charge in [0.25, 0.3) is 5.56 Å². The number of rotatable bonds is 7. The molecule has 2 N–H and O–H groups in total. The van der Waals surface area contributed by atoms with Crippen molar-refractivity contribution in [2.75, 3.05) is 12.4 Å². The lowest BCUT2D eigenvalue weighted by Gasteiger charge is -2.07. The summed E-state index contributed by atoms with van der Waals surface area (Å²) >= 11 is 0. The molecule has 0 radical (unpaired) electrons. The number of methoxy groups -OCH3 is 1. The third kappa shape index (κ3) is 4.04. The third-order valence-electron chi connectivity index (χ3n) is 4.21. The van der Waals surface area contributed by atoms with Gasteiger partial charge in [-0.1, -0.05) is 18.2 Å². The highest BCUT2D eigenvalue weighted by atomic mass is 19.1. The van der Waals surface area contributed by atoms with Gasteiger partial charge in [0.1, 0.15) is 11.5 Å². The monoisotopic (exact) mass is 414 g/mol. The summed E-state index contributed by atoms with van der Waals surface area (Å²) in [6.45, 7) is 0.172. The topological polar surface area (TPSA) is 111 Å². The fourth-order valence-corrected chi connectivity index (χ4v) is 2.77. The number of benzene rings is 1. The molecule has 0 saturated carbocycles. The zero-order valence-corrected chi connectivity index (χ0v) is 15.7. The minimum absolute atomic E-state index is 0.0388. The van der Waals surface area contributed by atoms with Gasteiger partial charge in [-0.25, -0.2) is 23.4 Å². The molecular formula is C19H16F2N6O3. The van der Waals surface area contributed by atoms with Crippen LogP contribution >= 0.6 is 0 Å². The van der Waals surface area contributed by atoms with Crippen LogP contribution in [0, 0.1) is 11.6 Å². The second-order valence-corrected chi connectivity index (χ2v) is 6.24. The number of nitrogens with one attached hydrogen (secondary N) is 2. The molecule has 0 amide bonds. The number of aromatic amines is 1. The first kappa shape index (κ1) is 19.3. The van der Waals surface area contributed by atoms with Gasteiger partial charge in [0.15, 0.2) is 23.2 Å². The first-order chi connectivity index (χ1) is 14.5. The average molecular weight is 414 g/mol. The lowest BCUT2D eigenvalue weighted by Crippen LogP contribution is -2.07. The van der Waals surface area contributed by atoms with E-state index in [9.17, 15) is 13.6 Å². The summed E-state index contributed by atoms with van der Waals surface area (Å²) in [4.78, 5) is 19.2. The lowest BCUT2D eigenvalue weighted by molar-refractivity contribution is 0.365. The van der Waals surface area contributed by atoms with E-state index in [0.717, 1.165) is 6.20 Å². The van der Waals surface area contributed by atoms with Gasteiger partial charge in [0, 0.05) is 17.7 Å². The number of hydrogen-bond acceptors (Lipinski definition) is 7. The summed E-state index contributed by atoms with van der Waals surface area (Å²) in [5, 5.41) is 9.25. The molecule has 30 heavy (non-hydrogen) atoms. The average Bonchev–Trinajstić information content (AvgIpc) is 3.35. The summed E-state index contributed by atoms with van der Waals surface area (Å²) in [5.74, 6) is -0.349. The first-order valence-electron chi connectivity index (χ1n) is 8.83. The molecule has 3 aromatic heterocycles. The van der Waals surface area contributed by atoms with Crippen LogP contribution in [0.5, 0.6) is 5.88 Å². The maximum Gasteiger partial charge on any atom is 0.280 e. The summed E-state index contributed by atoms with van der Waals surface area (Å²) in [5.41, 5.74) is 0.350. The van der Waals surface area contributed by atoms with Crippen LogP contribution in [0.1, 0.15) is 11.3 Å². The highest BCUT2D eigenvalue weighted by Crippen LogP contribution is 2.24. The predicted octanol–water partition coefficient (Wildman–Crippen LogP) is 2.57. The molecule has 1 aromatic carbocycles. The van der Waals surface area contributed by atoms with E-state index in [2.05, 4.69) is 25.5 Å². The van der Waals surface area contributed by atoms with Crippen LogP contribution in [0.2, 0.25) is 0 Å². The minimum atomic E-state index is -0.686. The van der Waals surface area contributed by atoms with E-state index < -0.39 is 11.4 Å². The smallest absolute Gasteiger partial charge is 0.280 e. The Morgan fingerprint density at radius 2 is 2.07 bits per heavy atom. The Hall–Kier alpha value is -4.02. The van der Waals surface area contributed by atoms with E-state index in [1.54, 1.807) is 24.3 Å². The Labute approximate surface area is 168 Å². The van der Waals surface area contributed by atoms with Gasteiger partial charge < -0.3 is 14.6 Å². The molecule has 9 nitrogen and oxygen atoms in total. The van der Waals surface area contributed by atoms with E-state index in [1.807, 2.05) is 0 Å². The van der Waals surface area contributed by atoms with E-state index in [4.69, 9.17) is 9.26 Å². The van der Waals surface area contributed by atoms with Crippen LogP contribution in [-0.2, 0) is 13.1 Å². The summed E-state index contributed by atoms with van der Waals surface area (Å²) in [6, 6.07) is 9.14. The molecule has 154 valence electrons. The Morgan fingerprint density at radius 3 is 2.80 bits per heavy atom. The maximum absolute atomic E-state index is 14.1. The molecule has 0 aliphatic heterocycles. The quantitative estimate of drug-likeness (QED) is 0.478. The second kappa shape index (κ2) is 8.15. The molecule has 3 heterocycles. The van der Waals surface area contributed by atoms with Crippen LogP contribution < -0.4 is 15.6 Å². The summed E-state index contributed by atoms with van der Waals surface area (Å²) in [6.07, 6.45) is 1.00. The van der Waals surface area contributed by atoms with Gasteiger partial charge >= 0.3 is 0 Å². The number of anilines is 1. The van der Waals surface area contributed by atoms with Crippen LogP contribution in [0.15, 0.2) is 51.9 Å². The van der Waals surface area contributed by atoms with Crippen LogP contribution in [0.4, 0.5) is 14.6 Å². The van der Waals surface area contributed by atoms with Gasteiger partial charge in [0.05, 0.1) is 26.4 Å². The standard InChI is InChI=1S/C19H16F2N6O3/c1-29-17-7-15(25-27(17)10-11-4-2-3-5-13(11)20)19-23-9-14(21)18(24-19)22-8-12-6-16(28)26-30-12/h2-7,9H,8,10H2,1H3,(H,26,28)(H,22,23,24). The molecule has 0 unspecified atom stereocenters. The van der Waals surface area contributed by atoms with Crippen molar-refractivity contribution in [1.29, 1.82) is 0 Å². The van der Waals surface area contributed by atoms with Crippen molar-refractivity contribution in [2.24, 2.45) is 0 Å². The predicted molar refractivity (Wildman–Crippen MR) is 102 cm³/mol. The fraction of sp³-hybridized carbons (Fsp3) is 0.158. The van der Waals surface area contributed by atoms with E-state index >= 15 is 0 Å². The normalized spacial score (nSPS) is 10.9. The van der Waals surface area contributed by atoms with Crippen molar-refractivity contribution in [3.05, 3.63) is 75.9 Å². The lowest BCUT2D eigenvalue weighted by atomic mass is 10.2. The van der Waals surface area contributed by atoms with Gasteiger partial charge in [0.2, 0.25) is 5.88 Å². The Balaban J connectivity index is 1.59. The highest BCUT2D eigenvalue weighted by Gasteiger charge is 2.16. The number of halogens is 2. The van der Waals surface area contributed by atoms with Gasteiger partial charge in [-0.15, -0.1) is 0 Å². The Morgan fingerprint density at radius 1 is 1.23 bits per heavy atom. The molecule has 11 heteroatoms. The molecule has 4 aromatic rings. The summed E-state index contributed by atoms with van der Waals surface area (Å²) in [7, 11) is 1.46. The third-order valence-corrected chi connectivity index (χ3v) is 4.21. The minimum Gasteiger partial charge on any atom is -0.481 e. The SMILES string of the molecule is COc1cc(-c2ncc(F)c(NCc3cc(=O)[nH]o3)n2)nn1Cc1ccccc1F.